The standard InChI is InChI=1S/C12H20N2OS/c1-9(10-5-4-8-16-10)14-11(15)6-7-12(2,3)13/h4-5,8-9H,6-7,13H2,1-3H3,(H,14,15)/t9-/m0/s1. The van der Waals surface area contributed by atoms with Crippen molar-refractivity contribution in [1.29, 1.82) is 0 Å². The van der Waals surface area contributed by atoms with Gasteiger partial charge in [0.05, 0.1) is 6.04 Å². The van der Waals surface area contributed by atoms with Crippen molar-refractivity contribution in [3.63, 3.8) is 0 Å². The smallest absolute Gasteiger partial charge is 0.220 e. The highest BCUT2D eigenvalue weighted by Gasteiger charge is 2.15. The molecule has 90 valence electrons. The molecule has 1 heterocycles. The van der Waals surface area contributed by atoms with E-state index >= 15 is 0 Å². The van der Waals surface area contributed by atoms with Gasteiger partial charge in [0.25, 0.3) is 0 Å². The van der Waals surface area contributed by atoms with Crippen LogP contribution < -0.4 is 11.1 Å². The summed E-state index contributed by atoms with van der Waals surface area (Å²) >= 11 is 1.66. The lowest BCUT2D eigenvalue weighted by atomic mass is 10.00. The SMILES string of the molecule is C[C@H](NC(=O)CCC(C)(C)N)c1cccs1. The predicted octanol–water partition coefficient (Wildman–Crippen LogP) is 2.44. The average molecular weight is 240 g/mol. The molecule has 4 heteroatoms. The molecule has 1 aromatic heterocycles. The van der Waals surface area contributed by atoms with Crippen LogP contribution in [-0.4, -0.2) is 11.4 Å². The van der Waals surface area contributed by atoms with Crippen molar-refractivity contribution >= 4 is 17.2 Å². The highest BCUT2D eigenvalue weighted by atomic mass is 32.1. The van der Waals surface area contributed by atoms with Gasteiger partial charge in [0.15, 0.2) is 0 Å². The molecular formula is C12H20N2OS. The number of carbonyl (C=O) groups is 1. The molecule has 0 spiro atoms. The van der Waals surface area contributed by atoms with Crippen LogP contribution >= 0.6 is 11.3 Å². The summed E-state index contributed by atoms with van der Waals surface area (Å²) in [4.78, 5) is 12.8. The second-order valence-corrected chi connectivity index (χ2v) is 5.77. The summed E-state index contributed by atoms with van der Waals surface area (Å²) in [5.74, 6) is 0.0689. The minimum Gasteiger partial charge on any atom is -0.349 e. The normalized spacial score (nSPS) is 13.5. The van der Waals surface area contributed by atoms with Crippen LogP contribution in [0.25, 0.3) is 0 Å². The summed E-state index contributed by atoms with van der Waals surface area (Å²) in [5.41, 5.74) is 5.56. The van der Waals surface area contributed by atoms with Gasteiger partial charge in [0, 0.05) is 16.8 Å². The zero-order valence-corrected chi connectivity index (χ0v) is 10.9. The molecular weight excluding hydrogens is 220 g/mol. The van der Waals surface area contributed by atoms with Crippen molar-refractivity contribution in [2.75, 3.05) is 0 Å². The van der Waals surface area contributed by atoms with Crippen molar-refractivity contribution in [1.82, 2.24) is 5.32 Å². The third-order valence-electron chi connectivity index (χ3n) is 2.34. The monoisotopic (exact) mass is 240 g/mol. The van der Waals surface area contributed by atoms with Gasteiger partial charge in [0.1, 0.15) is 0 Å². The van der Waals surface area contributed by atoms with Gasteiger partial charge in [-0.15, -0.1) is 11.3 Å². The summed E-state index contributed by atoms with van der Waals surface area (Å²) in [6, 6.07) is 4.11. The number of amides is 1. The van der Waals surface area contributed by atoms with E-state index in [9.17, 15) is 4.79 Å². The molecule has 0 bridgehead atoms. The minimum atomic E-state index is -0.274. The van der Waals surface area contributed by atoms with Gasteiger partial charge in [0.2, 0.25) is 5.91 Å². The number of hydrogen-bond acceptors (Lipinski definition) is 3. The second kappa shape index (κ2) is 5.46. The molecule has 0 aliphatic rings. The molecule has 3 N–H and O–H groups in total. The van der Waals surface area contributed by atoms with Crippen molar-refractivity contribution in [2.45, 2.75) is 45.2 Å². The Morgan fingerprint density at radius 3 is 2.81 bits per heavy atom. The molecule has 0 radical (unpaired) electrons. The van der Waals surface area contributed by atoms with E-state index in [1.54, 1.807) is 11.3 Å². The predicted molar refractivity (Wildman–Crippen MR) is 68.4 cm³/mol. The van der Waals surface area contributed by atoms with Gasteiger partial charge in [-0.05, 0) is 38.6 Å². The molecule has 0 aliphatic carbocycles. The topological polar surface area (TPSA) is 55.1 Å². The summed E-state index contributed by atoms with van der Waals surface area (Å²) in [7, 11) is 0. The van der Waals surface area contributed by atoms with E-state index in [0.29, 0.717) is 12.8 Å². The molecule has 3 nitrogen and oxygen atoms in total. The van der Waals surface area contributed by atoms with Crippen LogP contribution in [0.5, 0.6) is 0 Å². The first-order chi connectivity index (χ1) is 7.38. The first kappa shape index (κ1) is 13.2. The number of carbonyl (C=O) groups excluding carboxylic acids is 1. The summed E-state index contributed by atoms with van der Waals surface area (Å²) in [6.45, 7) is 5.86. The molecule has 1 rings (SSSR count). The Morgan fingerprint density at radius 2 is 2.31 bits per heavy atom. The van der Waals surface area contributed by atoms with E-state index in [4.69, 9.17) is 5.73 Å². The van der Waals surface area contributed by atoms with Gasteiger partial charge in [-0.25, -0.2) is 0 Å². The first-order valence-electron chi connectivity index (χ1n) is 5.50. The minimum absolute atomic E-state index is 0.0689. The maximum atomic E-state index is 11.6. The van der Waals surface area contributed by atoms with E-state index in [1.165, 1.54) is 4.88 Å². The van der Waals surface area contributed by atoms with Crippen LogP contribution in [0.1, 0.15) is 44.5 Å². The number of hydrogen-bond donors (Lipinski definition) is 2. The van der Waals surface area contributed by atoms with Crippen LogP contribution in [0.2, 0.25) is 0 Å². The van der Waals surface area contributed by atoms with E-state index in [1.807, 2.05) is 38.3 Å². The van der Waals surface area contributed by atoms with E-state index < -0.39 is 0 Å². The maximum absolute atomic E-state index is 11.6. The number of thiophene rings is 1. The number of rotatable bonds is 5. The van der Waals surface area contributed by atoms with Gasteiger partial charge in [-0.1, -0.05) is 6.07 Å². The fraction of sp³-hybridized carbons (Fsp3) is 0.583. The van der Waals surface area contributed by atoms with Crippen LogP contribution in [-0.2, 0) is 4.79 Å². The molecule has 0 saturated carbocycles. The van der Waals surface area contributed by atoms with Crippen LogP contribution in [0.15, 0.2) is 17.5 Å². The lowest BCUT2D eigenvalue weighted by Crippen LogP contribution is -2.34. The Morgan fingerprint density at radius 1 is 1.62 bits per heavy atom. The molecule has 0 unspecified atom stereocenters. The Hall–Kier alpha value is -0.870. The van der Waals surface area contributed by atoms with Gasteiger partial charge in [-0.3, -0.25) is 4.79 Å². The zero-order chi connectivity index (χ0) is 12.2. The van der Waals surface area contributed by atoms with E-state index in [0.717, 1.165) is 0 Å². The Bertz CT molecular complexity index is 327. The number of nitrogens with one attached hydrogen (secondary N) is 1. The molecule has 1 amide bonds. The van der Waals surface area contributed by atoms with Crippen molar-refractivity contribution in [2.24, 2.45) is 5.73 Å². The van der Waals surface area contributed by atoms with Gasteiger partial charge < -0.3 is 11.1 Å². The Balaban J connectivity index is 2.35. The summed E-state index contributed by atoms with van der Waals surface area (Å²) in [5, 5.41) is 4.99. The molecule has 1 atom stereocenters. The molecule has 0 saturated heterocycles. The first-order valence-corrected chi connectivity index (χ1v) is 6.38. The fourth-order valence-corrected chi connectivity index (χ4v) is 2.09. The molecule has 0 aliphatic heterocycles. The third-order valence-corrected chi connectivity index (χ3v) is 3.40. The summed E-state index contributed by atoms with van der Waals surface area (Å²) in [6.07, 6.45) is 1.19. The van der Waals surface area contributed by atoms with Crippen molar-refractivity contribution in [3.05, 3.63) is 22.4 Å². The van der Waals surface area contributed by atoms with Gasteiger partial charge in [-0.2, -0.15) is 0 Å². The fourth-order valence-electron chi connectivity index (χ4n) is 1.36. The lowest BCUT2D eigenvalue weighted by molar-refractivity contribution is -0.122. The quantitative estimate of drug-likeness (QED) is 0.830. The third kappa shape index (κ3) is 4.77. The largest absolute Gasteiger partial charge is 0.349 e. The Kier molecular flexibility index (Phi) is 4.50. The zero-order valence-electron chi connectivity index (χ0n) is 10.1. The van der Waals surface area contributed by atoms with Gasteiger partial charge >= 0.3 is 0 Å². The lowest BCUT2D eigenvalue weighted by Gasteiger charge is -2.18. The molecule has 0 aromatic carbocycles. The van der Waals surface area contributed by atoms with Crippen LogP contribution in [0, 0.1) is 0 Å². The molecule has 1 aromatic rings. The van der Waals surface area contributed by atoms with Crippen molar-refractivity contribution in [3.8, 4) is 0 Å². The highest BCUT2D eigenvalue weighted by Crippen LogP contribution is 2.18. The van der Waals surface area contributed by atoms with Crippen molar-refractivity contribution < 1.29 is 4.79 Å². The second-order valence-electron chi connectivity index (χ2n) is 4.79. The van der Waals surface area contributed by atoms with E-state index in [-0.39, 0.29) is 17.5 Å². The highest BCUT2D eigenvalue weighted by molar-refractivity contribution is 7.10. The summed E-state index contributed by atoms with van der Waals surface area (Å²) < 4.78 is 0. The van der Waals surface area contributed by atoms with Crippen LogP contribution in [0.3, 0.4) is 0 Å². The molecule has 16 heavy (non-hydrogen) atoms. The van der Waals surface area contributed by atoms with E-state index in [2.05, 4.69) is 5.32 Å². The number of nitrogens with two attached hydrogens (primary N) is 1. The van der Waals surface area contributed by atoms with Crippen LogP contribution in [0.4, 0.5) is 0 Å². The maximum Gasteiger partial charge on any atom is 0.220 e. The Labute approximate surface area is 101 Å². The molecule has 0 fully saturated rings. The average Bonchev–Trinajstić information content (AvgIpc) is 2.66.